The summed E-state index contributed by atoms with van der Waals surface area (Å²) in [6.07, 6.45) is 0.702. The van der Waals surface area contributed by atoms with Gasteiger partial charge in [-0.15, -0.1) is 0 Å². The van der Waals surface area contributed by atoms with Crippen molar-refractivity contribution in [3.05, 3.63) is 59.2 Å². The zero-order valence-corrected chi connectivity index (χ0v) is 11.0. The molecule has 2 aromatic rings. The van der Waals surface area contributed by atoms with Crippen LogP contribution in [0.15, 0.2) is 42.5 Å². The van der Waals surface area contributed by atoms with E-state index in [1.165, 1.54) is 6.07 Å². The number of carbonyl (C=O) groups is 1. The van der Waals surface area contributed by atoms with Crippen LogP contribution in [0.5, 0.6) is 11.5 Å². The quantitative estimate of drug-likeness (QED) is 0.781. The SMILES string of the molecule is COc1ccc(COc2ccc(C=O)cc2C#N)cc1. The molecule has 0 fully saturated rings. The molecule has 0 aliphatic rings. The molecule has 100 valence electrons. The number of ether oxygens (including phenoxy) is 2. The Bertz CT molecular complexity index is 642. The highest BCUT2D eigenvalue weighted by Gasteiger charge is 2.05. The highest BCUT2D eigenvalue weighted by atomic mass is 16.5. The molecule has 0 radical (unpaired) electrons. The van der Waals surface area contributed by atoms with E-state index in [0.29, 0.717) is 29.8 Å². The van der Waals surface area contributed by atoms with E-state index in [4.69, 9.17) is 14.7 Å². The van der Waals surface area contributed by atoms with Crippen LogP contribution in [-0.2, 0) is 6.61 Å². The fraction of sp³-hybridized carbons (Fsp3) is 0.125. The Morgan fingerprint density at radius 3 is 2.55 bits per heavy atom. The molecule has 0 aliphatic carbocycles. The van der Waals surface area contributed by atoms with Crippen molar-refractivity contribution in [3.63, 3.8) is 0 Å². The Morgan fingerprint density at radius 2 is 1.95 bits per heavy atom. The van der Waals surface area contributed by atoms with Gasteiger partial charge in [0.05, 0.1) is 12.7 Å². The van der Waals surface area contributed by atoms with Gasteiger partial charge in [0.15, 0.2) is 0 Å². The minimum atomic E-state index is 0.346. The molecule has 0 aromatic heterocycles. The Hall–Kier alpha value is -2.80. The van der Waals surface area contributed by atoms with Crippen molar-refractivity contribution in [2.45, 2.75) is 6.61 Å². The Morgan fingerprint density at radius 1 is 1.20 bits per heavy atom. The lowest BCUT2D eigenvalue weighted by Crippen LogP contribution is -1.98. The lowest BCUT2D eigenvalue weighted by molar-refractivity contribution is 0.112. The number of methoxy groups -OCH3 is 1. The largest absolute Gasteiger partial charge is 0.497 e. The van der Waals surface area contributed by atoms with Crippen molar-refractivity contribution >= 4 is 6.29 Å². The third-order valence-electron chi connectivity index (χ3n) is 2.81. The third-order valence-corrected chi connectivity index (χ3v) is 2.81. The fourth-order valence-corrected chi connectivity index (χ4v) is 1.72. The third kappa shape index (κ3) is 3.15. The first-order chi connectivity index (χ1) is 9.76. The van der Waals surface area contributed by atoms with Crippen LogP contribution in [0.3, 0.4) is 0 Å². The number of nitriles is 1. The lowest BCUT2D eigenvalue weighted by Gasteiger charge is -2.08. The summed E-state index contributed by atoms with van der Waals surface area (Å²) in [6, 6.07) is 14.3. The van der Waals surface area contributed by atoms with E-state index < -0.39 is 0 Å². The number of rotatable bonds is 5. The monoisotopic (exact) mass is 267 g/mol. The average Bonchev–Trinajstić information content (AvgIpc) is 2.53. The maximum Gasteiger partial charge on any atom is 0.150 e. The normalized spacial score (nSPS) is 9.60. The number of aldehydes is 1. The predicted octanol–water partition coefficient (Wildman–Crippen LogP) is 2.96. The predicted molar refractivity (Wildman–Crippen MR) is 73.9 cm³/mol. The van der Waals surface area contributed by atoms with Crippen LogP contribution < -0.4 is 9.47 Å². The van der Waals surface area contributed by atoms with Gasteiger partial charge in [-0.2, -0.15) is 5.26 Å². The van der Waals surface area contributed by atoms with Crippen LogP contribution in [0.1, 0.15) is 21.5 Å². The molecule has 0 spiro atoms. The van der Waals surface area contributed by atoms with Crippen LogP contribution in [0, 0.1) is 11.3 Å². The second-order valence-electron chi connectivity index (χ2n) is 4.12. The molecule has 0 amide bonds. The smallest absolute Gasteiger partial charge is 0.150 e. The molecule has 0 unspecified atom stereocenters. The summed E-state index contributed by atoms with van der Waals surface area (Å²) >= 11 is 0. The molecular weight excluding hydrogens is 254 g/mol. The minimum absolute atomic E-state index is 0.346. The van der Waals surface area contributed by atoms with Gasteiger partial charge in [0.2, 0.25) is 0 Å². The summed E-state index contributed by atoms with van der Waals surface area (Å²) in [4.78, 5) is 10.7. The van der Waals surface area contributed by atoms with Crippen molar-refractivity contribution in [1.29, 1.82) is 5.26 Å². The minimum Gasteiger partial charge on any atom is -0.497 e. The molecule has 0 atom stereocenters. The topological polar surface area (TPSA) is 59.3 Å². The zero-order chi connectivity index (χ0) is 14.4. The highest BCUT2D eigenvalue weighted by Crippen LogP contribution is 2.20. The number of carbonyl (C=O) groups excluding carboxylic acids is 1. The fourth-order valence-electron chi connectivity index (χ4n) is 1.72. The Balaban J connectivity index is 2.10. The second-order valence-corrected chi connectivity index (χ2v) is 4.12. The van der Waals surface area contributed by atoms with Crippen LogP contribution >= 0.6 is 0 Å². The number of nitrogens with zero attached hydrogens (tertiary/aromatic N) is 1. The van der Waals surface area contributed by atoms with Crippen LogP contribution in [0.2, 0.25) is 0 Å². The van der Waals surface area contributed by atoms with Crippen LogP contribution in [-0.4, -0.2) is 13.4 Å². The van der Waals surface area contributed by atoms with Crippen molar-refractivity contribution in [2.24, 2.45) is 0 Å². The van der Waals surface area contributed by atoms with E-state index in [-0.39, 0.29) is 0 Å². The molecule has 0 saturated heterocycles. The summed E-state index contributed by atoms with van der Waals surface area (Å²) in [5, 5.41) is 9.04. The summed E-state index contributed by atoms with van der Waals surface area (Å²) in [5.74, 6) is 1.25. The number of hydrogen-bond acceptors (Lipinski definition) is 4. The van der Waals surface area contributed by atoms with E-state index in [9.17, 15) is 4.79 Å². The van der Waals surface area contributed by atoms with Crippen molar-refractivity contribution in [3.8, 4) is 17.6 Å². The summed E-state index contributed by atoms with van der Waals surface area (Å²) < 4.78 is 10.7. The second kappa shape index (κ2) is 6.39. The molecule has 0 N–H and O–H groups in total. The molecule has 0 aliphatic heterocycles. The summed E-state index contributed by atoms with van der Waals surface area (Å²) in [7, 11) is 1.61. The van der Waals surface area contributed by atoms with Crippen LogP contribution in [0.25, 0.3) is 0 Å². The van der Waals surface area contributed by atoms with E-state index in [1.807, 2.05) is 30.3 Å². The highest BCUT2D eigenvalue weighted by molar-refractivity contribution is 5.76. The average molecular weight is 267 g/mol. The van der Waals surface area contributed by atoms with E-state index in [2.05, 4.69) is 0 Å². The van der Waals surface area contributed by atoms with Gasteiger partial charge in [0.1, 0.15) is 30.5 Å². The Labute approximate surface area is 117 Å². The van der Waals surface area contributed by atoms with E-state index in [0.717, 1.165) is 11.3 Å². The standard InChI is InChI=1S/C16H13NO3/c1-19-15-5-2-12(3-6-15)11-20-16-7-4-13(10-18)8-14(16)9-17/h2-8,10H,11H2,1H3. The summed E-state index contributed by atoms with van der Waals surface area (Å²) in [6.45, 7) is 0.346. The first kappa shape index (κ1) is 13.6. The molecule has 0 saturated carbocycles. The van der Waals surface area contributed by atoms with Gasteiger partial charge in [0.25, 0.3) is 0 Å². The van der Waals surface area contributed by atoms with Crippen molar-refractivity contribution < 1.29 is 14.3 Å². The molecular formula is C16H13NO3. The van der Waals surface area contributed by atoms with Crippen molar-refractivity contribution in [1.82, 2.24) is 0 Å². The maximum atomic E-state index is 10.7. The molecule has 20 heavy (non-hydrogen) atoms. The zero-order valence-electron chi connectivity index (χ0n) is 11.0. The number of hydrogen-bond donors (Lipinski definition) is 0. The van der Waals surface area contributed by atoms with Gasteiger partial charge in [0, 0.05) is 5.56 Å². The lowest BCUT2D eigenvalue weighted by atomic mass is 10.1. The van der Waals surface area contributed by atoms with Gasteiger partial charge >= 0.3 is 0 Å². The molecule has 0 bridgehead atoms. The molecule has 0 heterocycles. The van der Waals surface area contributed by atoms with Gasteiger partial charge in [-0.1, -0.05) is 12.1 Å². The summed E-state index contributed by atoms with van der Waals surface area (Å²) in [5.41, 5.74) is 1.77. The molecule has 4 heteroatoms. The Kier molecular flexibility index (Phi) is 4.35. The first-order valence-corrected chi connectivity index (χ1v) is 6.02. The van der Waals surface area contributed by atoms with Gasteiger partial charge in [-0.3, -0.25) is 4.79 Å². The first-order valence-electron chi connectivity index (χ1n) is 6.02. The van der Waals surface area contributed by atoms with E-state index in [1.54, 1.807) is 19.2 Å². The van der Waals surface area contributed by atoms with Crippen LogP contribution in [0.4, 0.5) is 0 Å². The van der Waals surface area contributed by atoms with Gasteiger partial charge < -0.3 is 9.47 Å². The molecule has 4 nitrogen and oxygen atoms in total. The van der Waals surface area contributed by atoms with E-state index >= 15 is 0 Å². The molecule has 2 rings (SSSR count). The van der Waals surface area contributed by atoms with Gasteiger partial charge in [-0.25, -0.2) is 0 Å². The molecule has 2 aromatic carbocycles. The number of benzene rings is 2. The maximum absolute atomic E-state index is 10.7. The van der Waals surface area contributed by atoms with Gasteiger partial charge in [-0.05, 0) is 35.9 Å². The van der Waals surface area contributed by atoms with Crippen molar-refractivity contribution in [2.75, 3.05) is 7.11 Å².